The summed E-state index contributed by atoms with van der Waals surface area (Å²) in [5.74, 6) is 0.100. The predicted molar refractivity (Wildman–Crippen MR) is 44.3 cm³/mol. The Bertz CT molecular complexity index is 221. The third kappa shape index (κ3) is 1.74. The molecule has 4 heteroatoms. The Labute approximate surface area is 72.4 Å². The van der Waals surface area contributed by atoms with Gasteiger partial charge in [-0.25, -0.2) is 0 Å². The zero-order valence-electron chi connectivity index (χ0n) is 7.45. The van der Waals surface area contributed by atoms with Gasteiger partial charge in [-0.05, 0) is 6.92 Å². The average molecular weight is 167 g/mol. The molecular weight excluding hydrogens is 154 g/mol. The molecule has 1 unspecified atom stereocenters. The van der Waals surface area contributed by atoms with Gasteiger partial charge in [-0.2, -0.15) is 5.26 Å². The molecule has 0 N–H and O–H groups in total. The molecule has 0 spiro atoms. The fraction of sp³-hybridized carbons (Fsp3) is 0.750. The first-order valence-corrected chi connectivity index (χ1v) is 4.03. The second-order valence-electron chi connectivity index (χ2n) is 3.09. The van der Waals surface area contributed by atoms with Crippen molar-refractivity contribution in [3.05, 3.63) is 0 Å². The third-order valence-corrected chi connectivity index (χ3v) is 2.22. The van der Waals surface area contributed by atoms with E-state index in [0.29, 0.717) is 6.54 Å². The molecule has 1 amide bonds. The lowest BCUT2D eigenvalue weighted by molar-refractivity contribution is -0.134. The molecule has 0 aromatic heterocycles. The summed E-state index contributed by atoms with van der Waals surface area (Å²) in [7, 11) is 1.79. The van der Waals surface area contributed by atoms with E-state index in [4.69, 9.17) is 5.26 Å². The van der Waals surface area contributed by atoms with Crippen LogP contribution in [0.5, 0.6) is 0 Å². The topological polar surface area (TPSA) is 47.3 Å². The van der Waals surface area contributed by atoms with Gasteiger partial charge in [0.25, 0.3) is 0 Å². The smallest absolute Gasteiger partial charge is 0.236 e. The summed E-state index contributed by atoms with van der Waals surface area (Å²) < 4.78 is 0. The SMILES string of the molecule is CC(C#N)N1CCN(C)C(=O)C1. The van der Waals surface area contributed by atoms with E-state index in [1.807, 2.05) is 11.8 Å². The van der Waals surface area contributed by atoms with E-state index in [-0.39, 0.29) is 11.9 Å². The second-order valence-corrected chi connectivity index (χ2v) is 3.09. The zero-order valence-corrected chi connectivity index (χ0v) is 7.45. The summed E-state index contributed by atoms with van der Waals surface area (Å²) in [5, 5.41) is 8.62. The van der Waals surface area contributed by atoms with Crippen molar-refractivity contribution in [1.82, 2.24) is 9.80 Å². The summed E-state index contributed by atoms with van der Waals surface area (Å²) in [5.41, 5.74) is 0. The van der Waals surface area contributed by atoms with Crippen LogP contribution in [-0.2, 0) is 4.79 Å². The van der Waals surface area contributed by atoms with Gasteiger partial charge in [-0.1, -0.05) is 0 Å². The van der Waals surface area contributed by atoms with Crippen LogP contribution < -0.4 is 0 Å². The van der Waals surface area contributed by atoms with E-state index < -0.39 is 0 Å². The number of amides is 1. The normalized spacial score (nSPS) is 22.1. The molecule has 0 saturated carbocycles. The lowest BCUT2D eigenvalue weighted by atomic mass is 10.2. The predicted octanol–water partition coefficient (Wildman–Crippen LogP) is -0.328. The summed E-state index contributed by atoms with van der Waals surface area (Å²) >= 11 is 0. The largest absolute Gasteiger partial charge is 0.343 e. The van der Waals surface area contributed by atoms with Crippen molar-refractivity contribution in [3.63, 3.8) is 0 Å². The lowest BCUT2D eigenvalue weighted by Crippen LogP contribution is -2.51. The molecule has 0 aromatic carbocycles. The number of rotatable bonds is 1. The highest BCUT2D eigenvalue weighted by molar-refractivity contribution is 5.78. The minimum atomic E-state index is -0.150. The van der Waals surface area contributed by atoms with E-state index in [0.717, 1.165) is 13.1 Å². The van der Waals surface area contributed by atoms with Gasteiger partial charge in [0.1, 0.15) is 0 Å². The molecule has 0 aliphatic carbocycles. The third-order valence-electron chi connectivity index (χ3n) is 2.22. The van der Waals surface area contributed by atoms with Gasteiger partial charge >= 0.3 is 0 Å². The Morgan fingerprint density at radius 1 is 1.58 bits per heavy atom. The number of hydrogen-bond acceptors (Lipinski definition) is 3. The maximum atomic E-state index is 11.2. The molecule has 1 heterocycles. The Kier molecular flexibility index (Phi) is 2.66. The lowest BCUT2D eigenvalue weighted by Gasteiger charge is -2.33. The molecule has 0 bridgehead atoms. The van der Waals surface area contributed by atoms with E-state index in [1.54, 1.807) is 11.9 Å². The van der Waals surface area contributed by atoms with Crippen molar-refractivity contribution in [2.24, 2.45) is 0 Å². The number of nitrogens with zero attached hydrogens (tertiary/aromatic N) is 3. The average Bonchev–Trinajstić information content (AvgIpc) is 2.08. The molecule has 1 rings (SSSR count). The molecule has 4 nitrogen and oxygen atoms in total. The first-order chi connectivity index (χ1) is 5.65. The Balaban J connectivity index is 2.52. The monoisotopic (exact) mass is 167 g/mol. The second kappa shape index (κ2) is 3.55. The Morgan fingerprint density at radius 2 is 2.25 bits per heavy atom. The molecule has 12 heavy (non-hydrogen) atoms. The number of carbonyl (C=O) groups is 1. The van der Waals surface area contributed by atoms with Gasteiger partial charge in [-0.15, -0.1) is 0 Å². The first-order valence-electron chi connectivity index (χ1n) is 4.03. The quantitative estimate of drug-likeness (QED) is 0.537. The van der Waals surface area contributed by atoms with Gasteiger partial charge in [-0.3, -0.25) is 9.69 Å². The van der Waals surface area contributed by atoms with E-state index in [1.165, 1.54) is 0 Å². The highest BCUT2D eigenvalue weighted by Crippen LogP contribution is 2.04. The van der Waals surface area contributed by atoms with Gasteiger partial charge < -0.3 is 4.90 Å². The maximum absolute atomic E-state index is 11.2. The molecule has 1 aliphatic heterocycles. The van der Waals surface area contributed by atoms with Crippen LogP contribution in [0.2, 0.25) is 0 Å². The highest BCUT2D eigenvalue weighted by Gasteiger charge is 2.23. The highest BCUT2D eigenvalue weighted by atomic mass is 16.2. The van der Waals surface area contributed by atoms with E-state index in [9.17, 15) is 4.79 Å². The molecule has 1 aliphatic rings. The van der Waals surface area contributed by atoms with Gasteiger partial charge in [0, 0.05) is 20.1 Å². The van der Waals surface area contributed by atoms with Crippen molar-refractivity contribution in [3.8, 4) is 6.07 Å². The number of nitriles is 1. The standard InChI is InChI=1S/C8H13N3O/c1-7(5-9)11-4-3-10(2)8(12)6-11/h7H,3-4,6H2,1-2H3. The summed E-state index contributed by atoms with van der Waals surface area (Å²) in [4.78, 5) is 14.8. The number of carbonyl (C=O) groups excluding carboxylic acids is 1. The molecule has 1 atom stereocenters. The van der Waals surface area contributed by atoms with Gasteiger partial charge in [0.15, 0.2) is 0 Å². The maximum Gasteiger partial charge on any atom is 0.236 e. The minimum Gasteiger partial charge on any atom is -0.343 e. The molecule has 0 aromatic rings. The summed E-state index contributed by atoms with van der Waals surface area (Å²) in [6.07, 6.45) is 0. The van der Waals surface area contributed by atoms with Crippen LogP contribution in [0, 0.1) is 11.3 Å². The van der Waals surface area contributed by atoms with Crippen LogP contribution >= 0.6 is 0 Å². The van der Waals surface area contributed by atoms with Crippen molar-refractivity contribution < 1.29 is 4.79 Å². The van der Waals surface area contributed by atoms with E-state index in [2.05, 4.69) is 6.07 Å². The van der Waals surface area contributed by atoms with Crippen molar-refractivity contribution in [2.45, 2.75) is 13.0 Å². The van der Waals surface area contributed by atoms with Crippen LogP contribution in [0.3, 0.4) is 0 Å². The van der Waals surface area contributed by atoms with Crippen LogP contribution in [0.1, 0.15) is 6.92 Å². The van der Waals surface area contributed by atoms with Crippen LogP contribution in [0.4, 0.5) is 0 Å². The van der Waals surface area contributed by atoms with Crippen molar-refractivity contribution >= 4 is 5.91 Å². The molecule has 66 valence electrons. The minimum absolute atomic E-state index is 0.100. The fourth-order valence-corrected chi connectivity index (χ4v) is 1.19. The Hall–Kier alpha value is -1.08. The van der Waals surface area contributed by atoms with Crippen LogP contribution in [0.15, 0.2) is 0 Å². The molecular formula is C8H13N3O. The van der Waals surface area contributed by atoms with Crippen LogP contribution in [-0.4, -0.2) is 48.4 Å². The number of hydrogen-bond donors (Lipinski definition) is 0. The molecule has 1 fully saturated rings. The van der Waals surface area contributed by atoms with Gasteiger partial charge in [0.2, 0.25) is 5.91 Å². The number of piperazine rings is 1. The molecule has 1 saturated heterocycles. The van der Waals surface area contributed by atoms with E-state index >= 15 is 0 Å². The summed E-state index contributed by atoms with van der Waals surface area (Å²) in [6, 6.07) is 1.97. The van der Waals surface area contributed by atoms with Crippen LogP contribution in [0.25, 0.3) is 0 Å². The molecule has 0 radical (unpaired) electrons. The Morgan fingerprint density at radius 3 is 2.75 bits per heavy atom. The first kappa shape index (κ1) is 9.01. The number of likely N-dealkylation sites (N-methyl/N-ethyl adjacent to an activating group) is 1. The summed E-state index contributed by atoms with van der Waals surface area (Å²) in [6.45, 7) is 3.73. The van der Waals surface area contributed by atoms with Gasteiger partial charge in [0.05, 0.1) is 18.7 Å². The van der Waals surface area contributed by atoms with Crippen molar-refractivity contribution in [2.75, 3.05) is 26.7 Å². The fourth-order valence-electron chi connectivity index (χ4n) is 1.19. The van der Waals surface area contributed by atoms with Crippen molar-refractivity contribution in [1.29, 1.82) is 5.26 Å². The zero-order chi connectivity index (χ0) is 9.14.